The molecule has 0 saturated carbocycles. The lowest BCUT2D eigenvalue weighted by Crippen LogP contribution is -2.26. The van der Waals surface area contributed by atoms with Crippen molar-refractivity contribution in [1.82, 2.24) is 0 Å². The van der Waals surface area contributed by atoms with Crippen molar-refractivity contribution < 1.29 is 45.2 Å². The van der Waals surface area contributed by atoms with Crippen molar-refractivity contribution in [3.8, 4) is 0 Å². The van der Waals surface area contributed by atoms with Crippen molar-refractivity contribution in [2.24, 2.45) is 0 Å². The zero-order valence-electron chi connectivity index (χ0n) is 33.7. The molecular weight excluding hydrogens is 717 g/mol. The second kappa shape index (κ2) is 43.3. The van der Waals surface area contributed by atoms with Gasteiger partial charge in [-0.3, -0.25) is 0 Å². The van der Waals surface area contributed by atoms with Gasteiger partial charge in [0.2, 0.25) is 0 Å². The Hall–Kier alpha value is 1.12. The maximum Gasteiger partial charge on any atom is 0.183 e. The van der Waals surface area contributed by atoms with Crippen LogP contribution in [0.15, 0.2) is 0 Å². The molecule has 0 amide bonds. The third-order valence-corrected chi connectivity index (χ3v) is 14.7. The van der Waals surface area contributed by atoms with Gasteiger partial charge >= 0.3 is 0 Å². The first-order valence-electron chi connectivity index (χ1n) is 17.9. The molecule has 0 aromatic rings. The third-order valence-electron chi connectivity index (χ3n) is 5.72. The molecule has 2 atom stereocenters. The first kappa shape index (κ1) is 54.9. The summed E-state index contributed by atoms with van der Waals surface area (Å²) in [6, 6.07) is 2.45. The number of hydrogen-bond donors (Lipinski definition) is 0. The van der Waals surface area contributed by atoms with E-state index in [4.69, 9.17) is 40.8 Å². The van der Waals surface area contributed by atoms with Crippen LogP contribution in [0, 0.1) is 0 Å². The number of epoxide rings is 2. The second-order valence-corrected chi connectivity index (χ2v) is 28.8. The van der Waals surface area contributed by atoms with Crippen molar-refractivity contribution in [2.45, 2.75) is 122 Å². The van der Waals surface area contributed by atoms with Gasteiger partial charge in [-0.1, -0.05) is 39.3 Å². The molecule has 17 heteroatoms. The van der Waals surface area contributed by atoms with Gasteiger partial charge in [0.1, 0.15) is 32.5 Å². The lowest BCUT2D eigenvalue weighted by atomic mass is 10.2. The van der Waals surface area contributed by atoms with E-state index in [1.54, 1.807) is 28.4 Å². The molecule has 0 spiro atoms. The van der Waals surface area contributed by atoms with E-state index in [-0.39, 0.29) is 39.1 Å². The second-order valence-electron chi connectivity index (χ2n) is 13.0. The summed E-state index contributed by atoms with van der Waals surface area (Å²) in [5.74, 6) is 0. The van der Waals surface area contributed by atoms with Crippen LogP contribution in [0.3, 0.4) is 0 Å². The topological polar surface area (TPSA) is 98.9 Å². The molecule has 290 valence electrons. The minimum atomic E-state index is -1.13. The summed E-state index contributed by atoms with van der Waals surface area (Å²) >= 11 is 0. The summed E-state index contributed by atoms with van der Waals surface area (Å²) in [6.45, 7) is 25.9. The first-order valence-corrected chi connectivity index (χ1v) is 32.6. The normalized spacial score (nSPS) is 17.0. The Balaban J connectivity index is -0.000000245. The fourth-order valence-corrected chi connectivity index (χ4v) is 8.22. The van der Waals surface area contributed by atoms with Crippen LogP contribution in [0.25, 0.3) is 0 Å². The van der Waals surface area contributed by atoms with Crippen LogP contribution in [0.4, 0.5) is 0 Å². The summed E-state index contributed by atoms with van der Waals surface area (Å²) in [4.78, 5) is 0. The first-order chi connectivity index (χ1) is 22.3. The van der Waals surface area contributed by atoms with Crippen molar-refractivity contribution in [3.05, 3.63) is 0 Å². The highest BCUT2D eigenvalue weighted by Gasteiger charge is 2.22. The Morgan fingerprint density at radius 3 is 1.34 bits per heavy atom. The summed E-state index contributed by atoms with van der Waals surface area (Å²) in [7, 11) is 4.97. The molecule has 2 heterocycles. The summed E-state index contributed by atoms with van der Waals surface area (Å²) in [5, 5.41) is 0. The highest BCUT2D eigenvalue weighted by molar-refractivity contribution is 6.73. The molecule has 2 aliphatic heterocycles. The minimum Gasteiger partial charge on any atom is -0.461 e. The summed E-state index contributed by atoms with van der Waals surface area (Å²) in [6.07, 6.45) is 8.43. The van der Waals surface area contributed by atoms with Gasteiger partial charge in [0, 0.05) is 48.3 Å². The molecule has 47 heavy (non-hydrogen) atoms. The van der Waals surface area contributed by atoms with Crippen LogP contribution in [0.2, 0.25) is 64.5 Å². The molecule has 0 bridgehead atoms. The molecule has 0 aliphatic carbocycles. The van der Waals surface area contributed by atoms with E-state index in [9.17, 15) is 0 Å². The molecular formula is C30H82O10Si7. The van der Waals surface area contributed by atoms with E-state index in [1.807, 2.05) is 0 Å². The Kier molecular flexibility index (Phi) is 50.5. The average Bonchev–Trinajstić information content (AvgIpc) is 3.94. The molecule has 2 aliphatic rings. The lowest BCUT2D eigenvalue weighted by Gasteiger charge is -2.14. The molecule has 2 rings (SSSR count). The maximum absolute atomic E-state index is 5.51. The largest absolute Gasteiger partial charge is 0.461 e. The maximum atomic E-state index is 5.51. The molecule has 0 N–H and O–H groups in total. The standard InChI is InChI=1S/2C7H16O3Si.C7H18OSi.C4H14OSi2.C4H12OSi.CH6OSi/c2*1-8-11-4-2-3-9-5-7-6-10-7;1-3-4-5-6-7-8-9-2;1-6-5-7(2,3)4;1-5-6(2,3)4;1-2-3/h2*7H,2-6,11H2,1H3;3-7,9H2,1-2H3;6H2,1-4H3;1-4H3;1,3H3. The number of rotatable bonds is 23. The fourth-order valence-electron chi connectivity index (χ4n) is 2.87. The quantitative estimate of drug-likeness (QED) is 0.0873. The van der Waals surface area contributed by atoms with Crippen molar-refractivity contribution in [3.63, 3.8) is 0 Å². The van der Waals surface area contributed by atoms with E-state index in [0.29, 0.717) is 12.2 Å². The van der Waals surface area contributed by atoms with Crippen LogP contribution in [0.5, 0.6) is 0 Å². The van der Waals surface area contributed by atoms with Gasteiger partial charge in [0.25, 0.3) is 0 Å². The van der Waals surface area contributed by atoms with Gasteiger partial charge in [0.15, 0.2) is 45.9 Å². The van der Waals surface area contributed by atoms with Gasteiger partial charge in [-0.15, -0.1) is 0 Å². The third kappa shape index (κ3) is 73.5. The number of unbranched alkanes of at least 4 members (excludes halogenated alkanes) is 3. The van der Waals surface area contributed by atoms with E-state index in [0.717, 1.165) is 69.6 Å². The van der Waals surface area contributed by atoms with E-state index < -0.39 is 16.6 Å². The minimum absolute atomic E-state index is 0.120. The highest BCUT2D eigenvalue weighted by atomic mass is 28.4. The van der Waals surface area contributed by atoms with E-state index in [1.165, 1.54) is 37.8 Å². The zero-order valence-corrected chi connectivity index (χ0v) is 43.3. The van der Waals surface area contributed by atoms with Crippen molar-refractivity contribution in [1.29, 1.82) is 0 Å². The van der Waals surface area contributed by atoms with E-state index >= 15 is 0 Å². The average molecular weight is 800 g/mol. The smallest absolute Gasteiger partial charge is 0.183 e. The van der Waals surface area contributed by atoms with E-state index in [2.05, 4.69) is 63.7 Å². The Morgan fingerprint density at radius 1 is 0.660 bits per heavy atom. The highest BCUT2D eigenvalue weighted by Crippen LogP contribution is 2.09. The fraction of sp³-hybridized carbons (Fsp3) is 1.00. The van der Waals surface area contributed by atoms with Crippen LogP contribution >= 0.6 is 0 Å². The van der Waals surface area contributed by atoms with Gasteiger partial charge in [-0.2, -0.15) is 0 Å². The van der Waals surface area contributed by atoms with Crippen molar-refractivity contribution >= 4 is 66.2 Å². The Bertz CT molecular complexity index is 526. The predicted molar refractivity (Wildman–Crippen MR) is 222 cm³/mol. The van der Waals surface area contributed by atoms with Gasteiger partial charge in [0.05, 0.1) is 26.4 Å². The zero-order chi connectivity index (χ0) is 36.7. The molecule has 0 radical (unpaired) electrons. The Labute approximate surface area is 307 Å². The summed E-state index contributed by atoms with van der Waals surface area (Å²) in [5.41, 5.74) is 0. The van der Waals surface area contributed by atoms with Gasteiger partial charge in [-0.05, 0) is 70.6 Å². The predicted octanol–water partition coefficient (Wildman–Crippen LogP) is 2.95. The molecule has 2 unspecified atom stereocenters. The van der Waals surface area contributed by atoms with Gasteiger partial charge in [-0.25, -0.2) is 0 Å². The molecule has 2 saturated heterocycles. The van der Waals surface area contributed by atoms with Crippen LogP contribution in [0.1, 0.15) is 45.4 Å². The number of ether oxygens (including phenoxy) is 4. The molecule has 0 aromatic heterocycles. The Morgan fingerprint density at radius 2 is 1.09 bits per heavy atom. The van der Waals surface area contributed by atoms with Crippen LogP contribution in [-0.2, 0) is 45.2 Å². The lowest BCUT2D eigenvalue weighted by molar-refractivity contribution is 0.116. The molecule has 0 aromatic carbocycles. The molecule has 10 nitrogen and oxygen atoms in total. The summed E-state index contributed by atoms with van der Waals surface area (Å²) < 4.78 is 51.1. The monoisotopic (exact) mass is 798 g/mol. The van der Waals surface area contributed by atoms with Gasteiger partial charge < -0.3 is 45.2 Å². The molecule has 2 fully saturated rings. The SMILES string of the molecule is CCCCCCO[SiH2]C.CO[SiH2]CCCOCC1CO1.CO[SiH2]CCCOCC1CO1.CO[SiH3].CO[Si](C)(C)C.C[SiH2]O[Si](C)(C)C. The van der Waals surface area contributed by atoms with Crippen molar-refractivity contribution in [2.75, 3.05) is 74.7 Å². The number of hydrogen-bond acceptors (Lipinski definition) is 10. The van der Waals surface area contributed by atoms with Crippen LogP contribution in [-0.4, -0.2) is 153 Å². The van der Waals surface area contributed by atoms with Crippen LogP contribution < -0.4 is 0 Å².